The number of anilines is 2. The molecule has 0 bridgehead atoms. The second kappa shape index (κ2) is 12.9. The number of amides is 2. The molecule has 0 aromatic heterocycles. The predicted molar refractivity (Wildman–Crippen MR) is 136 cm³/mol. The topological polar surface area (TPSA) is 93.7 Å². The van der Waals surface area contributed by atoms with Gasteiger partial charge in [-0.2, -0.15) is 0 Å². The van der Waals surface area contributed by atoms with Gasteiger partial charge in [0.05, 0.1) is 0 Å². The van der Waals surface area contributed by atoms with Crippen molar-refractivity contribution in [2.24, 2.45) is 0 Å². The number of rotatable bonds is 11. The lowest BCUT2D eigenvalue weighted by Gasteiger charge is -2.09. The second-order valence-corrected chi connectivity index (χ2v) is 8.10. The summed E-state index contributed by atoms with van der Waals surface area (Å²) in [5, 5.41) is 5.47. The molecule has 0 fully saturated rings. The summed E-state index contributed by atoms with van der Waals surface area (Å²) in [6.45, 7) is 3.70. The van der Waals surface area contributed by atoms with Crippen molar-refractivity contribution >= 4 is 29.2 Å². The number of hydrogen-bond acceptors (Lipinski definition) is 5. The number of hydrogen-bond donors (Lipinski definition) is 2. The molecule has 0 aliphatic carbocycles. The summed E-state index contributed by atoms with van der Waals surface area (Å²) in [5.74, 6) is 0.263. The Balaban J connectivity index is 1.31. The number of aryl methyl sites for hydroxylation is 2. The Labute approximate surface area is 205 Å². The van der Waals surface area contributed by atoms with Crippen LogP contribution < -0.4 is 15.4 Å². The second-order valence-electron chi connectivity index (χ2n) is 8.10. The number of carbonyl (C=O) groups is 3. The van der Waals surface area contributed by atoms with Crippen LogP contribution in [0.3, 0.4) is 0 Å². The fourth-order valence-corrected chi connectivity index (χ4v) is 3.20. The van der Waals surface area contributed by atoms with Crippen molar-refractivity contribution < 1.29 is 23.9 Å². The zero-order valence-electron chi connectivity index (χ0n) is 20.0. The van der Waals surface area contributed by atoms with Crippen molar-refractivity contribution in [1.29, 1.82) is 0 Å². The van der Waals surface area contributed by atoms with E-state index >= 15 is 0 Å². The molecule has 7 heteroatoms. The summed E-state index contributed by atoms with van der Waals surface area (Å²) >= 11 is 0. The molecule has 2 amide bonds. The first-order valence-electron chi connectivity index (χ1n) is 11.6. The van der Waals surface area contributed by atoms with Crippen LogP contribution in [-0.4, -0.2) is 24.4 Å². The van der Waals surface area contributed by atoms with Crippen LogP contribution in [0.4, 0.5) is 11.4 Å². The van der Waals surface area contributed by atoms with E-state index in [-0.39, 0.29) is 25.4 Å². The minimum atomic E-state index is -0.521. The van der Waals surface area contributed by atoms with E-state index in [1.165, 1.54) is 5.56 Å². The normalized spacial score (nSPS) is 10.3. The number of benzene rings is 3. The maximum atomic E-state index is 12.2. The Morgan fingerprint density at radius 3 is 1.86 bits per heavy atom. The smallest absolute Gasteiger partial charge is 0.306 e. The van der Waals surface area contributed by atoms with Gasteiger partial charge < -0.3 is 20.1 Å². The number of ether oxygens (including phenoxy) is 2. The molecule has 0 radical (unpaired) electrons. The summed E-state index contributed by atoms with van der Waals surface area (Å²) < 4.78 is 10.8. The van der Waals surface area contributed by atoms with E-state index in [4.69, 9.17) is 9.47 Å². The molecule has 7 nitrogen and oxygen atoms in total. The molecule has 182 valence electrons. The fourth-order valence-electron chi connectivity index (χ4n) is 3.20. The van der Waals surface area contributed by atoms with Crippen LogP contribution in [0.5, 0.6) is 11.5 Å². The Kier molecular flexibility index (Phi) is 9.42. The third-order valence-corrected chi connectivity index (χ3v) is 5.19. The third kappa shape index (κ3) is 8.97. The van der Waals surface area contributed by atoms with E-state index in [0.717, 1.165) is 17.7 Å². The Bertz CT molecular complexity index is 1120. The van der Waals surface area contributed by atoms with Crippen molar-refractivity contribution in [2.75, 3.05) is 17.2 Å². The monoisotopic (exact) mass is 474 g/mol. The van der Waals surface area contributed by atoms with E-state index in [1.54, 1.807) is 24.3 Å². The summed E-state index contributed by atoms with van der Waals surface area (Å²) in [6, 6.07) is 22.3. The highest BCUT2D eigenvalue weighted by atomic mass is 16.5. The van der Waals surface area contributed by atoms with Gasteiger partial charge in [0, 0.05) is 24.2 Å². The van der Waals surface area contributed by atoms with Crippen LogP contribution >= 0.6 is 0 Å². The summed E-state index contributed by atoms with van der Waals surface area (Å²) in [5.41, 5.74) is 3.61. The average Bonchev–Trinajstić information content (AvgIpc) is 2.86. The molecule has 0 unspecified atom stereocenters. The van der Waals surface area contributed by atoms with Gasteiger partial charge in [-0.1, -0.05) is 36.8 Å². The first kappa shape index (κ1) is 25.5. The number of nitrogens with one attached hydrogen (secondary N) is 2. The number of carbonyl (C=O) groups excluding carboxylic acids is 3. The Morgan fingerprint density at radius 2 is 1.26 bits per heavy atom. The number of esters is 1. The quantitative estimate of drug-likeness (QED) is 0.351. The van der Waals surface area contributed by atoms with Crippen molar-refractivity contribution in [3.8, 4) is 11.5 Å². The Hall–Kier alpha value is -4.13. The van der Waals surface area contributed by atoms with Crippen LogP contribution in [0.25, 0.3) is 0 Å². The van der Waals surface area contributed by atoms with E-state index in [2.05, 4.69) is 17.6 Å². The lowest BCUT2D eigenvalue weighted by atomic mass is 10.1. The summed E-state index contributed by atoms with van der Waals surface area (Å²) in [7, 11) is 0. The van der Waals surface area contributed by atoms with Gasteiger partial charge in [-0.15, -0.1) is 0 Å². The largest absolute Gasteiger partial charge is 0.457 e. The summed E-state index contributed by atoms with van der Waals surface area (Å²) in [4.78, 5) is 36.0. The molecule has 0 aliphatic rings. The predicted octanol–water partition coefficient (Wildman–Crippen LogP) is 5.64. The molecule has 2 N–H and O–H groups in total. The van der Waals surface area contributed by atoms with Gasteiger partial charge in [-0.25, -0.2) is 0 Å². The van der Waals surface area contributed by atoms with Crippen molar-refractivity contribution in [1.82, 2.24) is 0 Å². The lowest BCUT2D eigenvalue weighted by Crippen LogP contribution is -2.21. The van der Waals surface area contributed by atoms with Gasteiger partial charge in [-0.05, 0) is 73.9 Å². The van der Waals surface area contributed by atoms with Gasteiger partial charge in [0.25, 0.3) is 5.91 Å². The molecule has 0 saturated heterocycles. The van der Waals surface area contributed by atoms with Crippen molar-refractivity contribution in [3.63, 3.8) is 0 Å². The van der Waals surface area contributed by atoms with Crippen LogP contribution in [0, 0.1) is 6.92 Å². The molecular weight excluding hydrogens is 444 g/mol. The van der Waals surface area contributed by atoms with Crippen LogP contribution in [0.2, 0.25) is 0 Å². The van der Waals surface area contributed by atoms with Gasteiger partial charge in [0.1, 0.15) is 11.5 Å². The van der Waals surface area contributed by atoms with Gasteiger partial charge in [0.2, 0.25) is 5.91 Å². The first-order valence-corrected chi connectivity index (χ1v) is 11.6. The van der Waals surface area contributed by atoms with Crippen molar-refractivity contribution in [3.05, 3.63) is 83.9 Å². The van der Waals surface area contributed by atoms with Gasteiger partial charge in [-0.3, -0.25) is 14.4 Å². The molecule has 0 aliphatic heterocycles. The van der Waals surface area contributed by atoms with Gasteiger partial charge in [0.15, 0.2) is 6.61 Å². The van der Waals surface area contributed by atoms with E-state index in [0.29, 0.717) is 23.5 Å². The lowest BCUT2D eigenvalue weighted by molar-refractivity contribution is -0.147. The molecule has 0 heterocycles. The zero-order valence-corrected chi connectivity index (χ0v) is 20.0. The maximum Gasteiger partial charge on any atom is 0.306 e. The highest BCUT2D eigenvalue weighted by Gasteiger charge is 2.10. The molecule has 3 rings (SSSR count). The fraction of sp³-hybridized carbons (Fsp3) is 0.250. The summed E-state index contributed by atoms with van der Waals surface area (Å²) in [6.07, 6.45) is 1.45. The van der Waals surface area contributed by atoms with Gasteiger partial charge >= 0.3 is 5.97 Å². The van der Waals surface area contributed by atoms with Crippen LogP contribution in [-0.2, 0) is 25.5 Å². The van der Waals surface area contributed by atoms with Crippen LogP contribution in [0.15, 0.2) is 72.8 Å². The zero-order chi connectivity index (χ0) is 25.0. The highest BCUT2D eigenvalue weighted by Crippen LogP contribution is 2.23. The van der Waals surface area contributed by atoms with Crippen molar-refractivity contribution in [2.45, 2.75) is 39.5 Å². The average molecular weight is 475 g/mol. The first-order chi connectivity index (χ1) is 16.9. The SMILES string of the molecule is CCc1ccc(NC(=O)COC(=O)CCCC(=O)Nc2ccc(Oc3ccc(C)cc3)cc2)cc1. The molecular formula is C28H30N2O5. The molecule has 35 heavy (non-hydrogen) atoms. The maximum absolute atomic E-state index is 12.2. The highest BCUT2D eigenvalue weighted by molar-refractivity contribution is 5.93. The van der Waals surface area contributed by atoms with E-state index in [1.807, 2.05) is 55.5 Å². The minimum Gasteiger partial charge on any atom is -0.457 e. The third-order valence-electron chi connectivity index (χ3n) is 5.19. The minimum absolute atomic E-state index is 0.0508. The Morgan fingerprint density at radius 1 is 0.714 bits per heavy atom. The molecule has 3 aromatic rings. The standard InChI is InChI=1S/C28H30N2O5/c1-3-21-9-11-22(12-10-21)30-27(32)19-34-28(33)6-4-5-26(31)29-23-13-17-25(18-14-23)35-24-15-7-20(2)8-16-24/h7-18H,3-6,19H2,1-2H3,(H,29,31)(H,30,32). The molecule has 0 atom stereocenters. The molecule has 0 saturated carbocycles. The van der Waals surface area contributed by atoms with E-state index in [9.17, 15) is 14.4 Å². The molecule has 0 spiro atoms. The van der Waals surface area contributed by atoms with E-state index < -0.39 is 11.9 Å². The molecule has 3 aromatic carbocycles. The van der Waals surface area contributed by atoms with Crippen LogP contribution in [0.1, 0.15) is 37.3 Å².